The van der Waals surface area contributed by atoms with Crippen LogP contribution < -0.4 is 5.32 Å². The number of hydrogen-bond acceptors (Lipinski definition) is 5. The van der Waals surface area contributed by atoms with Crippen molar-refractivity contribution < 1.29 is 9.18 Å². The van der Waals surface area contributed by atoms with Gasteiger partial charge in [-0.05, 0) is 61.7 Å². The second-order valence-electron chi connectivity index (χ2n) is 10.1. The molecule has 0 unspecified atom stereocenters. The van der Waals surface area contributed by atoms with Crippen molar-refractivity contribution in [1.82, 2.24) is 25.1 Å². The number of aliphatic imine (C=N–C) groups is 2. The van der Waals surface area contributed by atoms with Crippen molar-refractivity contribution in [2.24, 2.45) is 9.98 Å². The topological polar surface area (TPSA) is 100 Å². The van der Waals surface area contributed by atoms with Crippen molar-refractivity contribution in [2.45, 2.75) is 76.3 Å². The number of carbonyl (C=O) groups excluding carboxylic acids is 1. The lowest BCUT2D eigenvalue weighted by Gasteiger charge is -2.21. The molecule has 2 aliphatic rings. The molecule has 2 aliphatic carbocycles. The Labute approximate surface area is 216 Å². The normalized spacial score (nSPS) is 17.3. The minimum Gasteiger partial charge on any atom is -0.347 e. The van der Waals surface area contributed by atoms with Crippen LogP contribution in [0.15, 0.2) is 40.6 Å². The van der Waals surface area contributed by atoms with Gasteiger partial charge in [0.15, 0.2) is 5.82 Å². The van der Waals surface area contributed by atoms with Gasteiger partial charge < -0.3 is 10.3 Å². The summed E-state index contributed by atoms with van der Waals surface area (Å²) in [6.07, 6.45) is 14.2. The standard InChI is InChI=1S/C28H34FN7O/c1-30-25(24-27(31-2)35-26(34-24)19-8-6-7-9-19)28(37)32-15-18-12-20(14-22(29)13-18)21-16-33-36(17-21)23-10-4-3-5-11-23/h12-14,16-17,19,23H,2-11,15H2,1H3,(H,32,37)(H,34,35). The summed E-state index contributed by atoms with van der Waals surface area (Å²) >= 11 is 0. The van der Waals surface area contributed by atoms with Crippen LogP contribution in [0.4, 0.5) is 10.2 Å². The summed E-state index contributed by atoms with van der Waals surface area (Å²) in [4.78, 5) is 29.2. The molecule has 9 heteroatoms. The van der Waals surface area contributed by atoms with E-state index in [2.05, 4.69) is 37.1 Å². The third-order valence-corrected chi connectivity index (χ3v) is 7.56. The van der Waals surface area contributed by atoms with Crippen molar-refractivity contribution in [3.63, 3.8) is 0 Å². The van der Waals surface area contributed by atoms with Crippen LogP contribution in [0.5, 0.6) is 0 Å². The van der Waals surface area contributed by atoms with Crippen LogP contribution in [-0.2, 0) is 11.3 Å². The number of hydrogen-bond donors (Lipinski definition) is 2. The van der Waals surface area contributed by atoms with E-state index in [1.54, 1.807) is 13.2 Å². The number of nitrogens with zero attached hydrogens (tertiary/aromatic N) is 5. The van der Waals surface area contributed by atoms with Crippen LogP contribution in [0.25, 0.3) is 11.1 Å². The molecule has 0 atom stereocenters. The van der Waals surface area contributed by atoms with Gasteiger partial charge in [0.2, 0.25) is 0 Å². The summed E-state index contributed by atoms with van der Waals surface area (Å²) in [7, 11) is 1.56. The van der Waals surface area contributed by atoms with Crippen molar-refractivity contribution in [2.75, 3.05) is 7.05 Å². The Morgan fingerprint density at radius 3 is 2.62 bits per heavy atom. The maximum atomic E-state index is 14.5. The average molecular weight is 504 g/mol. The molecule has 3 aromatic rings. The Balaban J connectivity index is 1.29. The molecule has 2 aromatic heterocycles. The molecule has 0 radical (unpaired) electrons. The first-order valence-electron chi connectivity index (χ1n) is 13.2. The lowest BCUT2D eigenvalue weighted by molar-refractivity contribution is -0.114. The maximum absolute atomic E-state index is 14.5. The monoisotopic (exact) mass is 503 g/mol. The molecular formula is C28H34FN7O. The number of nitrogens with one attached hydrogen (secondary N) is 2. The van der Waals surface area contributed by atoms with Crippen molar-refractivity contribution in [1.29, 1.82) is 0 Å². The molecule has 0 spiro atoms. The van der Waals surface area contributed by atoms with Gasteiger partial charge in [-0.25, -0.2) is 14.4 Å². The van der Waals surface area contributed by atoms with Gasteiger partial charge in [-0.3, -0.25) is 14.5 Å². The minimum atomic E-state index is -0.384. The third-order valence-electron chi connectivity index (χ3n) is 7.56. The van der Waals surface area contributed by atoms with Gasteiger partial charge in [-0.1, -0.05) is 32.1 Å². The van der Waals surface area contributed by atoms with E-state index in [1.807, 2.05) is 16.9 Å². The predicted molar refractivity (Wildman–Crippen MR) is 143 cm³/mol. The number of aromatic amines is 1. The van der Waals surface area contributed by atoms with Gasteiger partial charge in [0.05, 0.1) is 12.2 Å². The first kappa shape index (κ1) is 25.0. The van der Waals surface area contributed by atoms with Crippen LogP contribution in [0.3, 0.4) is 0 Å². The lowest BCUT2D eigenvalue weighted by Crippen LogP contribution is -2.31. The summed E-state index contributed by atoms with van der Waals surface area (Å²) in [5, 5.41) is 7.42. The van der Waals surface area contributed by atoms with Crippen LogP contribution in [0.1, 0.15) is 86.8 Å². The molecule has 0 saturated heterocycles. The van der Waals surface area contributed by atoms with Gasteiger partial charge in [0, 0.05) is 31.3 Å². The summed E-state index contributed by atoms with van der Waals surface area (Å²) in [6, 6.07) is 5.24. The Bertz CT molecular complexity index is 1300. The number of imidazole rings is 1. The van der Waals surface area contributed by atoms with Crippen molar-refractivity contribution in [3.8, 4) is 11.1 Å². The van der Waals surface area contributed by atoms with Gasteiger partial charge in [0.25, 0.3) is 5.91 Å². The Kier molecular flexibility index (Phi) is 7.58. The number of H-pyrrole nitrogens is 1. The number of aromatic nitrogens is 4. The van der Waals surface area contributed by atoms with Crippen LogP contribution >= 0.6 is 0 Å². The number of halogens is 1. The first-order valence-corrected chi connectivity index (χ1v) is 13.2. The van der Waals surface area contributed by atoms with E-state index in [9.17, 15) is 9.18 Å². The zero-order chi connectivity index (χ0) is 25.8. The van der Waals surface area contributed by atoms with Gasteiger partial charge in [-0.2, -0.15) is 5.10 Å². The number of benzene rings is 1. The zero-order valence-electron chi connectivity index (χ0n) is 21.3. The largest absolute Gasteiger partial charge is 0.347 e. The molecule has 0 aliphatic heterocycles. The molecule has 1 amide bonds. The molecule has 0 bridgehead atoms. The van der Waals surface area contributed by atoms with Gasteiger partial charge in [-0.15, -0.1) is 0 Å². The third kappa shape index (κ3) is 5.55. The lowest BCUT2D eigenvalue weighted by atomic mass is 9.96. The van der Waals surface area contributed by atoms with Crippen molar-refractivity contribution in [3.05, 3.63) is 53.5 Å². The molecular weight excluding hydrogens is 469 g/mol. The molecule has 2 fully saturated rings. The second-order valence-corrected chi connectivity index (χ2v) is 10.1. The fraction of sp³-hybridized carbons (Fsp3) is 0.464. The maximum Gasteiger partial charge on any atom is 0.272 e. The van der Waals surface area contributed by atoms with Crippen LogP contribution in [0.2, 0.25) is 0 Å². The molecule has 2 heterocycles. The van der Waals surface area contributed by atoms with E-state index in [0.717, 1.165) is 42.6 Å². The van der Waals surface area contributed by atoms with E-state index >= 15 is 0 Å². The number of carbonyl (C=O) groups is 1. The highest BCUT2D eigenvalue weighted by atomic mass is 19.1. The zero-order valence-corrected chi connectivity index (χ0v) is 21.3. The fourth-order valence-corrected chi connectivity index (χ4v) is 5.60. The Hall–Kier alpha value is -3.62. The van der Waals surface area contributed by atoms with Gasteiger partial charge >= 0.3 is 0 Å². The smallest absolute Gasteiger partial charge is 0.272 e. The first-order chi connectivity index (χ1) is 18.1. The molecule has 2 saturated carbocycles. The quantitative estimate of drug-likeness (QED) is 0.389. The van der Waals surface area contributed by atoms with E-state index in [1.165, 1.54) is 44.2 Å². The highest BCUT2D eigenvalue weighted by molar-refractivity contribution is 6.45. The number of amides is 1. The summed E-state index contributed by atoms with van der Waals surface area (Å²) in [6.45, 7) is 3.77. The average Bonchev–Trinajstić information content (AvgIpc) is 3.69. The Morgan fingerprint density at radius 1 is 1.14 bits per heavy atom. The van der Waals surface area contributed by atoms with E-state index in [-0.39, 0.29) is 24.0 Å². The predicted octanol–water partition coefficient (Wildman–Crippen LogP) is 5.64. The minimum absolute atomic E-state index is 0.153. The van der Waals surface area contributed by atoms with E-state index in [0.29, 0.717) is 29.0 Å². The molecule has 8 nitrogen and oxygen atoms in total. The summed E-state index contributed by atoms with van der Waals surface area (Å²) in [5.41, 5.74) is 2.93. The summed E-state index contributed by atoms with van der Waals surface area (Å²) < 4.78 is 16.6. The van der Waals surface area contributed by atoms with Crippen LogP contribution in [-0.4, -0.2) is 45.1 Å². The van der Waals surface area contributed by atoms with Crippen molar-refractivity contribution >= 4 is 24.2 Å². The Morgan fingerprint density at radius 2 is 1.89 bits per heavy atom. The SMILES string of the molecule is C=Nc1nc(C2CCCC2)[nH]c1C(=NC)C(=O)NCc1cc(F)cc(-c2cnn(C3CCCCC3)c2)c1. The summed E-state index contributed by atoms with van der Waals surface area (Å²) in [5.74, 6) is 0.797. The second kappa shape index (κ2) is 11.2. The number of rotatable bonds is 8. The molecule has 37 heavy (non-hydrogen) atoms. The van der Waals surface area contributed by atoms with Crippen LogP contribution in [0, 0.1) is 5.82 Å². The highest BCUT2D eigenvalue weighted by Gasteiger charge is 2.26. The van der Waals surface area contributed by atoms with Gasteiger partial charge in [0.1, 0.15) is 23.0 Å². The van der Waals surface area contributed by atoms with E-state index < -0.39 is 0 Å². The molecule has 5 rings (SSSR count). The highest BCUT2D eigenvalue weighted by Crippen LogP contribution is 2.34. The molecule has 194 valence electrons. The fourth-order valence-electron chi connectivity index (χ4n) is 5.60. The molecule has 2 N–H and O–H groups in total. The molecule has 1 aromatic carbocycles. The van der Waals surface area contributed by atoms with E-state index in [4.69, 9.17) is 0 Å².